The second kappa shape index (κ2) is 7.78. The van der Waals surface area contributed by atoms with Crippen molar-refractivity contribution in [2.24, 2.45) is 5.92 Å². The molecule has 0 saturated carbocycles. The number of hydrogen-bond acceptors (Lipinski definition) is 2. The van der Waals surface area contributed by atoms with E-state index in [1.165, 1.54) is 0 Å². The van der Waals surface area contributed by atoms with Crippen LogP contribution in [0.15, 0.2) is 0 Å². The molecule has 0 aromatic carbocycles. The number of rotatable bonds is 6. The molecule has 1 aliphatic heterocycles. The van der Waals surface area contributed by atoms with Gasteiger partial charge in [-0.05, 0) is 45.4 Å². The summed E-state index contributed by atoms with van der Waals surface area (Å²) < 4.78 is 5.35. The fourth-order valence-electron chi connectivity index (χ4n) is 2.62. The Kier molecular flexibility index (Phi) is 6.69. The van der Waals surface area contributed by atoms with Crippen molar-refractivity contribution in [2.75, 3.05) is 13.2 Å². The monoisotopic (exact) mass is 255 g/mol. The van der Waals surface area contributed by atoms with Gasteiger partial charge in [0.05, 0.1) is 0 Å². The van der Waals surface area contributed by atoms with Gasteiger partial charge in [-0.25, -0.2) is 0 Å². The highest BCUT2D eigenvalue weighted by Gasteiger charge is 2.26. The highest BCUT2D eigenvalue weighted by atomic mass is 16.5. The Bertz CT molecular complexity index is 239. The van der Waals surface area contributed by atoms with Crippen LogP contribution in [-0.4, -0.2) is 36.1 Å². The van der Waals surface area contributed by atoms with Gasteiger partial charge < -0.3 is 9.64 Å². The molecule has 1 aliphatic rings. The van der Waals surface area contributed by atoms with Gasteiger partial charge in [0.1, 0.15) is 0 Å². The Morgan fingerprint density at radius 1 is 1.17 bits per heavy atom. The maximum absolute atomic E-state index is 12.5. The maximum Gasteiger partial charge on any atom is 0.223 e. The van der Waals surface area contributed by atoms with Crippen molar-refractivity contribution >= 4 is 5.91 Å². The van der Waals surface area contributed by atoms with E-state index < -0.39 is 0 Å². The SMILES string of the molecule is CC[C@@H](C)N(C(=O)CC1CCOCC1)[C@@H](C)CC. The quantitative estimate of drug-likeness (QED) is 0.729. The van der Waals surface area contributed by atoms with Gasteiger partial charge in [0.25, 0.3) is 0 Å². The third kappa shape index (κ3) is 4.27. The largest absolute Gasteiger partial charge is 0.381 e. The fraction of sp³-hybridized carbons (Fsp3) is 0.933. The van der Waals surface area contributed by atoms with Gasteiger partial charge in [-0.3, -0.25) is 4.79 Å². The van der Waals surface area contributed by atoms with Gasteiger partial charge in [0.2, 0.25) is 5.91 Å². The number of carbonyl (C=O) groups is 1. The fourth-order valence-corrected chi connectivity index (χ4v) is 2.62. The van der Waals surface area contributed by atoms with Crippen molar-refractivity contribution < 1.29 is 9.53 Å². The highest BCUT2D eigenvalue weighted by molar-refractivity contribution is 5.77. The zero-order chi connectivity index (χ0) is 13.5. The first-order valence-corrected chi connectivity index (χ1v) is 7.49. The summed E-state index contributed by atoms with van der Waals surface area (Å²) in [6.45, 7) is 10.3. The molecule has 0 unspecified atom stereocenters. The number of nitrogens with zero attached hydrogens (tertiary/aromatic N) is 1. The number of hydrogen-bond donors (Lipinski definition) is 0. The molecule has 3 nitrogen and oxygen atoms in total. The first kappa shape index (κ1) is 15.5. The Hall–Kier alpha value is -0.570. The van der Waals surface area contributed by atoms with E-state index in [0.29, 0.717) is 30.3 Å². The normalized spacial score (nSPS) is 20.4. The second-order valence-corrected chi connectivity index (χ2v) is 5.58. The van der Waals surface area contributed by atoms with Gasteiger partial charge in [0, 0.05) is 31.7 Å². The van der Waals surface area contributed by atoms with Crippen molar-refractivity contribution in [3.63, 3.8) is 0 Å². The van der Waals surface area contributed by atoms with E-state index in [9.17, 15) is 4.79 Å². The molecule has 1 rings (SSSR count). The van der Waals surface area contributed by atoms with E-state index in [0.717, 1.165) is 38.9 Å². The maximum atomic E-state index is 12.5. The third-order valence-corrected chi connectivity index (χ3v) is 4.22. The number of carbonyl (C=O) groups excluding carboxylic acids is 1. The first-order valence-electron chi connectivity index (χ1n) is 7.49. The van der Waals surface area contributed by atoms with Crippen LogP contribution >= 0.6 is 0 Å². The van der Waals surface area contributed by atoms with E-state index in [-0.39, 0.29) is 0 Å². The predicted molar refractivity (Wildman–Crippen MR) is 74.5 cm³/mol. The predicted octanol–water partition coefficient (Wildman–Crippen LogP) is 3.23. The molecular weight excluding hydrogens is 226 g/mol. The molecule has 18 heavy (non-hydrogen) atoms. The molecule has 0 bridgehead atoms. The lowest BCUT2D eigenvalue weighted by Crippen LogP contribution is -2.45. The summed E-state index contributed by atoms with van der Waals surface area (Å²) in [5.74, 6) is 0.868. The van der Waals surface area contributed by atoms with Crippen LogP contribution in [0.25, 0.3) is 0 Å². The molecule has 1 saturated heterocycles. The minimum absolute atomic E-state index is 0.339. The van der Waals surface area contributed by atoms with E-state index in [4.69, 9.17) is 4.74 Å². The molecule has 2 atom stereocenters. The minimum atomic E-state index is 0.339. The van der Waals surface area contributed by atoms with Gasteiger partial charge in [0.15, 0.2) is 0 Å². The van der Waals surface area contributed by atoms with E-state index in [1.54, 1.807) is 0 Å². The Balaban J connectivity index is 2.57. The molecule has 3 heteroatoms. The summed E-state index contributed by atoms with van der Waals surface area (Å²) in [7, 11) is 0. The average molecular weight is 255 g/mol. The molecule has 1 amide bonds. The van der Waals surface area contributed by atoms with Gasteiger partial charge >= 0.3 is 0 Å². The lowest BCUT2D eigenvalue weighted by molar-refractivity contribution is -0.137. The molecule has 1 heterocycles. The molecule has 0 aromatic rings. The van der Waals surface area contributed by atoms with E-state index >= 15 is 0 Å². The summed E-state index contributed by atoms with van der Waals surface area (Å²) in [6, 6.07) is 0.708. The molecule has 106 valence electrons. The van der Waals surface area contributed by atoms with Crippen molar-refractivity contribution in [2.45, 2.75) is 71.9 Å². The average Bonchev–Trinajstić information content (AvgIpc) is 2.39. The second-order valence-electron chi connectivity index (χ2n) is 5.58. The van der Waals surface area contributed by atoms with Crippen LogP contribution in [0.2, 0.25) is 0 Å². The van der Waals surface area contributed by atoms with Crippen LogP contribution in [0.5, 0.6) is 0 Å². The van der Waals surface area contributed by atoms with Crippen molar-refractivity contribution in [3.05, 3.63) is 0 Å². The number of amides is 1. The highest BCUT2D eigenvalue weighted by Crippen LogP contribution is 2.22. The van der Waals surface area contributed by atoms with E-state index in [2.05, 4.69) is 32.6 Å². The lowest BCUT2D eigenvalue weighted by Gasteiger charge is -2.35. The molecule has 0 N–H and O–H groups in total. The number of ether oxygens (including phenoxy) is 1. The lowest BCUT2D eigenvalue weighted by atomic mass is 9.95. The van der Waals surface area contributed by atoms with Crippen molar-refractivity contribution in [1.29, 1.82) is 0 Å². The standard InChI is InChI=1S/C15H29NO2/c1-5-12(3)16(13(4)6-2)15(17)11-14-7-9-18-10-8-14/h12-14H,5-11H2,1-4H3/t12-,13+. The Labute approximate surface area is 112 Å². The smallest absolute Gasteiger partial charge is 0.223 e. The summed E-state index contributed by atoms with van der Waals surface area (Å²) >= 11 is 0. The summed E-state index contributed by atoms with van der Waals surface area (Å²) in [5, 5.41) is 0. The first-order chi connectivity index (χ1) is 8.60. The Morgan fingerprint density at radius 2 is 1.67 bits per heavy atom. The molecule has 0 aromatic heterocycles. The van der Waals surface area contributed by atoms with Crippen LogP contribution < -0.4 is 0 Å². The molecule has 0 aliphatic carbocycles. The van der Waals surface area contributed by atoms with Crippen LogP contribution in [0.3, 0.4) is 0 Å². The van der Waals surface area contributed by atoms with E-state index in [1.807, 2.05) is 0 Å². The van der Waals surface area contributed by atoms with Crippen LogP contribution in [0.1, 0.15) is 59.8 Å². The third-order valence-electron chi connectivity index (χ3n) is 4.22. The summed E-state index contributed by atoms with van der Waals surface area (Å²) in [4.78, 5) is 14.6. The molecular formula is C15H29NO2. The molecule has 0 spiro atoms. The van der Waals surface area contributed by atoms with Crippen molar-refractivity contribution in [1.82, 2.24) is 4.90 Å². The van der Waals surface area contributed by atoms with Crippen molar-refractivity contribution in [3.8, 4) is 0 Å². The zero-order valence-electron chi connectivity index (χ0n) is 12.4. The molecule has 0 radical (unpaired) electrons. The topological polar surface area (TPSA) is 29.5 Å². The van der Waals surface area contributed by atoms with Gasteiger partial charge in [-0.15, -0.1) is 0 Å². The van der Waals surface area contributed by atoms with Crippen LogP contribution in [0, 0.1) is 5.92 Å². The molecule has 1 fully saturated rings. The zero-order valence-corrected chi connectivity index (χ0v) is 12.4. The van der Waals surface area contributed by atoms with Gasteiger partial charge in [-0.1, -0.05) is 13.8 Å². The van der Waals surface area contributed by atoms with Crippen LogP contribution in [0.4, 0.5) is 0 Å². The summed E-state index contributed by atoms with van der Waals surface area (Å²) in [5.41, 5.74) is 0. The van der Waals surface area contributed by atoms with Crippen LogP contribution in [-0.2, 0) is 9.53 Å². The minimum Gasteiger partial charge on any atom is -0.381 e. The van der Waals surface area contributed by atoms with Gasteiger partial charge in [-0.2, -0.15) is 0 Å². The Morgan fingerprint density at radius 3 is 2.11 bits per heavy atom. The summed E-state index contributed by atoms with van der Waals surface area (Å²) in [6.07, 6.45) is 4.85.